The molecule has 0 amide bonds. The number of hydrogen-bond donors (Lipinski definition) is 1. The molecular formula is C11H19N3O5S. The molecule has 8 nitrogen and oxygen atoms in total. The molecule has 20 heavy (non-hydrogen) atoms. The van der Waals surface area contributed by atoms with Gasteiger partial charge in [0.25, 0.3) is 5.56 Å². The van der Waals surface area contributed by atoms with Crippen molar-refractivity contribution in [3.05, 3.63) is 27.0 Å². The summed E-state index contributed by atoms with van der Waals surface area (Å²) in [6, 6.07) is 0. The predicted molar refractivity (Wildman–Crippen MR) is 73.1 cm³/mol. The molecule has 0 spiro atoms. The molecule has 0 aliphatic carbocycles. The molecule has 1 N–H and O–H groups in total. The average Bonchev–Trinajstić information content (AvgIpc) is 2.41. The molecule has 0 atom stereocenters. The van der Waals surface area contributed by atoms with Crippen molar-refractivity contribution in [2.45, 2.75) is 18.2 Å². The van der Waals surface area contributed by atoms with Crippen molar-refractivity contribution in [2.75, 3.05) is 19.7 Å². The quantitative estimate of drug-likeness (QED) is 0.687. The van der Waals surface area contributed by atoms with Crippen LogP contribution < -0.4 is 11.2 Å². The molecular weight excluding hydrogens is 286 g/mol. The van der Waals surface area contributed by atoms with Crippen molar-refractivity contribution in [2.24, 2.45) is 14.1 Å². The Balaban J connectivity index is 3.43. The van der Waals surface area contributed by atoms with Crippen LogP contribution in [0.3, 0.4) is 0 Å². The van der Waals surface area contributed by atoms with E-state index in [1.54, 1.807) is 6.92 Å². The summed E-state index contributed by atoms with van der Waals surface area (Å²) in [5.74, 6) is 0. The minimum atomic E-state index is -3.99. The molecule has 0 aliphatic heterocycles. The molecule has 1 aromatic rings. The molecule has 0 fully saturated rings. The van der Waals surface area contributed by atoms with Crippen molar-refractivity contribution in [3.8, 4) is 0 Å². The summed E-state index contributed by atoms with van der Waals surface area (Å²) in [7, 11) is -1.38. The number of rotatable bonds is 6. The third-order valence-corrected chi connectivity index (χ3v) is 4.91. The Morgan fingerprint density at radius 3 is 2.40 bits per heavy atom. The van der Waals surface area contributed by atoms with E-state index in [2.05, 4.69) is 0 Å². The molecule has 1 rings (SSSR count). The Hall–Kier alpha value is -1.45. The monoisotopic (exact) mass is 305 g/mol. The highest BCUT2D eigenvalue weighted by Crippen LogP contribution is 2.10. The number of sulfonamides is 1. The van der Waals surface area contributed by atoms with Crippen molar-refractivity contribution in [3.63, 3.8) is 0 Å². The van der Waals surface area contributed by atoms with Gasteiger partial charge >= 0.3 is 5.69 Å². The van der Waals surface area contributed by atoms with E-state index >= 15 is 0 Å². The summed E-state index contributed by atoms with van der Waals surface area (Å²) in [5.41, 5.74) is -1.44. The van der Waals surface area contributed by atoms with Gasteiger partial charge in [-0.2, -0.15) is 4.31 Å². The minimum Gasteiger partial charge on any atom is -0.396 e. The first-order valence-corrected chi connectivity index (χ1v) is 7.59. The van der Waals surface area contributed by atoms with Gasteiger partial charge in [-0.05, 0) is 6.42 Å². The highest BCUT2D eigenvalue weighted by molar-refractivity contribution is 7.89. The van der Waals surface area contributed by atoms with E-state index in [9.17, 15) is 18.0 Å². The van der Waals surface area contributed by atoms with Crippen molar-refractivity contribution in [1.82, 2.24) is 13.4 Å². The third-order valence-electron chi connectivity index (χ3n) is 2.95. The Bertz CT molecular complexity index is 689. The number of nitrogens with zero attached hydrogens (tertiary/aromatic N) is 3. The van der Waals surface area contributed by atoms with Gasteiger partial charge in [-0.3, -0.25) is 9.36 Å². The second-order valence-electron chi connectivity index (χ2n) is 4.32. The van der Waals surface area contributed by atoms with Crippen LogP contribution in [-0.2, 0) is 24.1 Å². The van der Waals surface area contributed by atoms with Crippen LogP contribution in [0.25, 0.3) is 0 Å². The third kappa shape index (κ3) is 3.00. The Labute approximate surface area is 116 Å². The van der Waals surface area contributed by atoms with E-state index in [1.165, 1.54) is 14.1 Å². The Morgan fingerprint density at radius 2 is 1.90 bits per heavy atom. The summed E-state index contributed by atoms with van der Waals surface area (Å²) < 4.78 is 27.8. The number of aromatic nitrogens is 2. The molecule has 1 aromatic heterocycles. The molecule has 0 saturated carbocycles. The fourth-order valence-corrected chi connectivity index (χ4v) is 3.42. The Kier molecular flexibility index (Phi) is 5.26. The van der Waals surface area contributed by atoms with Crippen LogP contribution >= 0.6 is 0 Å². The average molecular weight is 305 g/mol. The number of hydrogen-bond acceptors (Lipinski definition) is 5. The van der Waals surface area contributed by atoms with Gasteiger partial charge in [0, 0.05) is 40.0 Å². The molecule has 0 aromatic carbocycles. The summed E-state index contributed by atoms with van der Waals surface area (Å²) in [5, 5.41) is 8.79. The lowest BCUT2D eigenvalue weighted by atomic mass is 10.4. The summed E-state index contributed by atoms with van der Waals surface area (Å²) >= 11 is 0. The molecule has 114 valence electrons. The molecule has 0 aliphatic rings. The summed E-state index contributed by atoms with van der Waals surface area (Å²) in [4.78, 5) is 23.1. The number of aliphatic hydroxyl groups excluding tert-OH is 1. The molecule has 0 saturated heterocycles. The fraction of sp³-hybridized carbons (Fsp3) is 0.636. The molecule has 1 heterocycles. The van der Waals surface area contributed by atoms with Crippen LogP contribution in [0.15, 0.2) is 20.7 Å². The smallest absolute Gasteiger partial charge is 0.330 e. The Morgan fingerprint density at radius 1 is 1.30 bits per heavy atom. The molecule has 0 bridgehead atoms. The van der Waals surface area contributed by atoms with Gasteiger partial charge in [0.1, 0.15) is 0 Å². The summed E-state index contributed by atoms with van der Waals surface area (Å²) in [6.45, 7) is 1.79. The molecule has 0 unspecified atom stereocenters. The van der Waals surface area contributed by atoms with E-state index in [1.807, 2.05) is 0 Å². The van der Waals surface area contributed by atoms with Crippen molar-refractivity contribution >= 4 is 10.0 Å². The lowest BCUT2D eigenvalue weighted by molar-refractivity contribution is 0.271. The first kappa shape index (κ1) is 16.6. The molecule has 9 heteroatoms. The van der Waals surface area contributed by atoms with E-state index in [0.29, 0.717) is 0 Å². The number of aliphatic hydroxyl groups is 1. The van der Waals surface area contributed by atoms with Crippen LogP contribution in [0.1, 0.15) is 13.3 Å². The van der Waals surface area contributed by atoms with Crippen LogP contribution in [0.2, 0.25) is 0 Å². The first-order chi connectivity index (χ1) is 9.27. The van der Waals surface area contributed by atoms with E-state index in [-0.39, 0.29) is 26.1 Å². The zero-order valence-corrected chi connectivity index (χ0v) is 12.6. The van der Waals surface area contributed by atoms with Crippen molar-refractivity contribution < 1.29 is 13.5 Å². The normalized spacial score (nSPS) is 12.1. The van der Waals surface area contributed by atoms with Gasteiger partial charge < -0.3 is 9.67 Å². The zero-order valence-electron chi connectivity index (χ0n) is 11.7. The van der Waals surface area contributed by atoms with Crippen LogP contribution in [0, 0.1) is 0 Å². The van der Waals surface area contributed by atoms with Crippen LogP contribution in [0.4, 0.5) is 0 Å². The zero-order chi connectivity index (χ0) is 15.5. The van der Waals surface area contributed by atoms with E-state index < -0.39 is 26.2 Å². The fourth-order valence-electron chi connectivity index (χ4n) is 1.79. The van der Waals surface area contributed by atoms with Gasteiger partial charge in [-0.1, -0.05) is 6.92 Å². The second-order valence-corrected chi connectivity index (χ2v) is 6.23. The van der Waals surface area contributed by atoms with Gasteiger partial charge in [-0.25, -0.2) is 13.2 Å². The number of aryl methyl sites for hydroxylation is 1. The lowest BCUT2D eigenvalue weighted by Crippen LogP contribution is -2.43. The summed E-state index contributed by atoms with van der Waals surface area (Å²) in [6.07, 6.45) is 1.31. The standard InChI is InChI=1S/C11H19N3O5S/c1-4-14(6-5-7-15)20(18,19)9-8-12(2)11(17)13(3)10(9)16/h8,15H,4-7H2,1-3H3. The van der Waals surface area contributed by atoms with E-state index in [4.69, 9.17) is 5.11 Å². The lowest BCUT2D eigenvalue weighted by Gasteiger charge is -2.20. The molecule has 0 radical (unpaired) electrons. The second kappa shape index (κ2) is 6.33. The highest BCUT2D eigenvalue weighted by Gasteiger charge is 2.27. The highest BCUT2D eigenvalue weighted by atomic mass is 32.2. The van der Waals surface area contributed by atoms with Crippen molar-refractivity contribution in [1.29, 1.82) is 0 Å². The maximum absolute atomic E-state index is 12.4. The minimum absolute atomic E-state index is 0.112. The van der Waals surface area contributed by atoms with Crippen LogP contribution in [-0.4, -0.2) is 46.7 Å². The first-order valence-electron chi connectivity index (χ1n) is 6.15. The van der Waals surface area contributed by atoms with Gasteiger partial charge in [-0.15, -0.1) is 0 Å². The maximum atomic E-state index is 12.4. The van der Waals surface area contributed by atoms with Gasteiger partial charge in [0.05, 0.1) is 0 Å². The topological polar surface area (TPSA) is 102 Å². The van der Waals surface area contributed by atoms with Gasteiger partial charge in [0.15, 0.2) is 4.90 Å². The maximum Gasteiger partial charge on any atom is 0.330 e. The van der Waals surface area contributed by atoms with Crippen LogP contribution in [0.5, 0.6) is 0 Å². The predicted octanol–water partition coefficient (Wildman–Crippen LogP) is -1.52. The largest absolute Gasteiger partial charge is 0.396 e. The van der Waals surface area contributed by atoms with E-state index in [0.717, 1.165) is 19.6 Å². The SMILES string of the molecule is CCN(CCCO)S(=O)(=O)c1cn(C)c(=O)n(C)c1=O. The van der Waals surface area contributed by atoms with Gasteiger partial charge in [0.2, 0.25) is 10.0 Å².